The molecule has 0 unspecified atom stereocenters. The van der Waals surface area contributed by atoms with Gasteiger partial charge in [-0.15, -0.1) is 23.1 Å². The van der Waals surface area contributed by atoms with Crippen LogP contribution >= 0.6 is 23.1 Å². The number of benzene rings is 2. The molecule has 0 atom stereocenters. The van der Waals surface area contributed by atoms with Crippen LogP contribution in [0.4, 0.5) is 10.8 Å². The van der Waals surface area contributed by atoms with Crippen LogP contribution in [0.3, 0.4) is 0 Å². The van der Waals surface area contributed by atoms with E-state index in [-0.39, 0.29) is 11.8 Å². The summed E-state index contributed by atoms with van der Waals surface area (Å²) in [5, 5.41) is 8.02. The number of aromatic nitrogens is 1. The second-order valence-electron chi connectivity index (χ2n) is 5.70. The molecule has 138 valence electrons. The van der Waals surface area contributed by atoms with Crippen LogP contribution < -0.4 is 10.6 Å². The van der Waals surface area contributed by atoms with Gasteiger partial charge in [0.2, 0.25) is 5.91 Å². The number of nitrogens with one attached hydrogen (secondary N) is 2. The first kappa shape index (κ1) is 19.1. The van der Waals surface area contributed by atoms with E-state index in [1.54, 1.807) is 43.0 Å². The van der Waals surface area contributed by atoms with Gasteiger partial charge in [0.15, 0.2) is 5.13 Å². The summed E-state index contributed by atoms with van der Waals surface area (Å²) in [6.45, 7) is 1.78. The van der Waals surface area contributed by atoms with Gasteiger partial charge in [-0.1, -0.05) is 25.1 Å². The maximum atomic E-state index is 12.5. The Kier molecular flexibility index (Phi) is 6.26. The van der Waals surface area contributed by atoms with Gasteiger partial charge in [-0.2, -0.15) is 0 Å². The first-order valence-corrected chi connectivity index (χ1v) is 10.5. The molecule has 5 nitrogen and oxygen atoms in total. The minimum Gasteiger partial charge on any atom is -0.326 e. The van der Waals surface area contributed by atoms with Crippen molar-refractivity contribution in [2.75, 3.05) is 16.9 Å². The van der Waals surface area contributed by atoms with Crippen LogP contribution in [0.5, 0.6) is 0 Å². The number of rotatable bonds is 6. The van der Waals surface area contributed by atoms with Crippen molar-refractivity contribution in [3.05, 3.63) is 59.5 Å². The van der Waals surface area contributed by atoms with Crippen LogP contribution in [-0.2, 0) is 4.79 Å². The Labute approximate surface area is 166 Å². The molecule has 1 aromatic heterocycles. The summed E-state index contributed by atoms with van der Waals surface area (Å²) in [5.74, 6) is -0.356. The van der Waals surface area contributed by atoms with Gasteiger partial charge in [-0.3, -0.25) is 14.9 Å². The molecule has 0 spiro atoms. The molecule has 0 radical (unpaired) electrons. The van der Waals surface area contributed by atoms with E-state index in [0.717, 1.165) is 11.3 Å². The molecule has 0 saturated carbocycles. The minimum atomic E-state index is -0.263. The van der Waals surface area contributed by atoms with Crippen molar-refractivity contribution in [1.82, 2.24) is 4.98 Å². The summed E-state index contributed by atoms with van der Waals surface area (Å²) in [7, 11) is 0. The van der Waals surface area contributed by atoms with Crippen molar-refractivity contribution in [2.45, 2.75) is 18.2 Å². The lowest BCUT2D eigenvalue weighted by molar-refractivity contribution is -0.115. The third-order valence-electron chi connectivity index (χ3n) is 3.84. The Balaban J connectivity index is 1.70. The van der Waals surface area contributed by atoms with Gasteiger partial charge in [0.1, 0.15) is 0 Å². The number of thiazole rings is 1. The molecule has 2 amide bonds. The average molecular weight is 398 g/mol. The van der Waals surface area contributed by atoms with E-state index in [2.05, 4.69) is 15.6 Å². The molecular formula is C20H19N3O2S2. The molecule has 7 heteroatoms. The maximum Gasteiger partial charge on any atom is 0.257 e. The molecule has 0 aliphatic rings. The fourth-order valence-electron chi connectivity index (χ4n) is 2.38. The third kappa shape index (κ3) is 4.96. The van der Waals surface area contributed by atoms with Gasteiger partial charge < -0.3 is 5.32 Å². The van der Waals surface area contributed by atoms with Crippen molar-refractivity contribution in [3.63, 3.8) is 0 Å². The van der Waals surface area contributed by atoms with E-state index in [4.69, 9.17) is 0 Å². The summed E-state index contributed by atoms with van der Waals surface area (Å²) in [5.41, 5.74) is 2.90. The second kappa shape index (κ2) is 8.83. The lowest BCUT2D eigenvalue weighted by Gasteiger charge is -2.06. The van der Waals surface area contributed by atoms with Crippen molar-refractivity contribution in [1.29, 1.82) is 0 Å². The van der Waals surface area contributed by atoms with Gasteiger partial charge in [0, 0.05) is 33.5 Å². The van der Waals surface area contributed by atoms with Crippen molar-refractivity contribution >= 4 is 45.7 Å². The Bertz CT molecular complexity index is 952. The van der Waals surface area contributed by atoms with Crippen LogP contribution in [0, 0.1) is 0 Å². The normalized spacial score (nSPS) is 10.4. The summed E-state index contributed by atoms with van der Waals surface area (Å²) in [6.07, 6.45) is 2.42. The van der Waals surface area contributed by atoms with Gasteiger partial charge in [-0.05, 0) is 36.6 Å². The van der Waals surface area contributed by atoms with Gasteiger partial charge in [0.05, 0.1) is 5.69 Å². The summed E-state index contributed by atoms with van der Waals surface area (Å²) >= 11 is 3.07. The molecule has 0 fully saturated rings. The minimum absolute atomic E-state index is 0.0929. The fourth-order valence-corrected chi connectivity index (χ4v) is 3.51. The molecular weight excluding hydrogens is 378 g/mol. The van der Waals surface area contributed by atoms with Crippen molar-refractivity contribution in [3.8, 4) is 11.3 Å². The predicted molar refractivity (Wildman–Crippen MR) is 113 cm³/mol. The summed E-state index contributed by atoms with van der Waals surface area (Å²) in [4.78, 5) is 29.7. The Morgan fingerprint density at radius 1 is 1.11 bits per heavy atom. The zero-order valence-electron chi connectivity index (χ0n) is 15.0. The Morgan fingerprint density at radius 2 is 1.89 bits per heavy atom. The highest BCUT2D eigenvalue weighted by atomic mass is 32.2. The maximum absolute atomic E-state index is 12.5. The Morgan fingerprint density at radius 3 is 2.59 bits per heavy atom. The monoisotopic (exact) mass is 397 g/mol. The topological polar surface area (TPSA) is 71.1 Å². The number of thioether (sulfide) groups is 1. The average Bonchev–Trinajstić information content (AvgIpc) is 3.16. The van der Waals surface area contributed by atoms with Gasteiger partial charge in [-0.25, -0.2) is 4.98 Å². The van der Waals surface area contributed by atoms with Crippen LogP contribution in [0.1, 0.15) is 23.7 Å². The highest BCUT2D eigenvalue weighted by Crippen LogP contribution is 2.27. The van der Waals surface area contributed by atoms with E-state index in [1.807, 2.05) is 35.9 Å². The van der Waals surface area contributed by atoms with Crippen LogP contribution in [0.2, 0.25) is 0 Å². The summed E-state index contributed by atoms with van der Waals surface area (Å²) in [6, 6.07) is 15.0. The largest absolute Gasteiger partial charge is 0.326 e. The summed E-state index contributed by atoms with van der Waals surface area (Å²) < 4.78 is 0. The van der Waals surface area contributed by atoms with Crippen LogP contribution in [-0.4, -0.2) is 23.1 Å². The van der Waals surface area contributed by atoms with E-state index in [9.17, 15) is 9.59 Å². The van der Waals surface area contributed by atoms with Crippen LogP contribution in [0.15, 0.2) is 58.8 Å². The zero-order chi connectivity index (χ0) is 19.2. The first-order chi connectivity index (χ1) is 13.1. The quantitative estimate of drug-likeness (QED) is 0.566. The molecule has 27 heavy (non-hydrogen) atoms. The van der Waals surface area contributed by atoms with E-state index in [1.165, 1.54) is 16.2 Å². The predicted octanol–water partition coefficient (Wildman–Crippen LogP) is 5.13. The fraction of sp³-hybridized carbons (Fsp3) is 0.150. The zero-order valence-corrected chi connectivity index (χ0v) is 16.6. The number of hydrogen-bond donors (Lipinski definition) is 2. The smallest absolute Gasteiger partial charge is 0.257 e. The van der Waals surface area contributed by atoms with E-state index < -0.39 is 0 Å². The lowest BCUT2D eigenvalue weighted by Crippen LogP contribution is -2.13. The number of nitrogens with zero attached hydrogens (tertiary/aromatic N) is 1. The SMILES string of the molecule is CCC(=O)Nc1cccc(C(=O)Nc2nc(-c3ccc(SC)cc3)cs2)c1. The Hall–Kier alpha value is -2.64. The van der Waals surface area contributed by atoms with Gasteiger partial charge in [0.25, 0.3) is 5.91 Å². The molecule has 3 aromatic rings. The number of anilines is 2. The van der Waals surface area contributed by atoms with Crippen molar-refractivity contribution < 1.29 is 9.59 Å². The van der Waals surface area contributed by atoms with Crippen LogP contribution in [0.25, 0.3) is 11.3 Å². The molecule has 0 bridgehead atoms. The molecule has 0 saturated heterocycles. The number of amides is 2. The van der Waals surface area contributed by atoms with E-state index in [0.29, 0.717) is 22.8 Å². The molecule has 2 N–H and O–H groups in total. The molecule has 0 aliphatic carbocycles. The van der Waals surface area contributed by atoms with Gasteiger partial charge >= 0.3 is 0 Å². The third-order valence-corrected chi connectivity index (χ3v) is 5.34. The molecule has 0 aliphatic heterocycles. The first-order valence-electron chi connectivity index (χ1n) is 8.40. The van der Waals surface area contributed by atoms with Crippen molar-refractivity contribution in [2.24, 2.45) is 0 Å². The van der Waals surface area contributed by atoms with E-state index >= 15 is 0 Å². The molecule has 2 aromatic carbocycles. The highest BCUT2D eigenvalue weighted by molar-refractivity contribution is 7.98. The molecule has 3 rings (SSSR count). The molecule has 1 heterocycles. The second-order valence-corrected chi connectivity index (χ2v) is 7.44. The standard InChI is InChI=1S/C20H19N3O2S2/c1-3-18(24)21-15-6-4-5-14(11-15)19(25)23-20-22-17(12-27-20)13-7-9-16(26-2)10-8-13/h4-12H,3H2,1-2H3,(H,21,24)(H,22,23,25). The number of carbonyl (C=O) groups excluding carboxylic acids is 2. The number of hydrogen-bond acceptors (Lipinski definition) is 5. The lowest BCUT2D eigenvalue weighted by atomic mass is 10.2. The number of carbonyl (C=O) groups is 2. The highest BCUT2D eigenvalue weighted by Gasteiger charge is 2.11.